The van der Waals surface area contributed by atoms with Crippen LogP contribution in [-0.2, 0) is 4.79 Å². The van der Waals surface area contributed by atoms with Gasteiger partial charge in [0.25, 0.3) is 5.91 Å². The van der Waals surface area contributed by atoms with Crippen molar-refractivity contribution in [2.45, 2.75) is 32.4 Å². The Hall–Kier alpha value is -3.35. The standard InChI is InChI=1S/C23H27N5O2/c1-15(19-5-4-6-21-20(19)9-11-24-21)26-22-8-7-17(13-25-22)23(30)28-12-10-18(14-28)27(3)16(2)29/h4-9,11,13,15,18,24H,10,12,14H2,1-3H3,(H,25,26)/t15?,18-/m0/s1. The number of likely N-dealkylation sites (tertiary alicyclic amines) is 1. The van der Waals surface area contributed by atoms with E-state index in [1.54, 1.807) is 30.0 Å². The molecule has 1 aliphatic heterocycles. The second-order valence-electron chi connectivity index (χ2n) is 7.91. The molecule has 3 aromatic rings. The van der Waals surface area contributed by atoms with Crippen molar-refractivity contribution in [3.05, 3.63) is 59.9 Å². The smallest absolute Gasteiger partial charge is 0.255 e. The zero-order valence-corrected chi connectivity index (χ0v) is 17.6. The Kier molecular flexibility index (Phi) is 5.44. The van der Waals surface area contributed by atoms with Gasteiger partial charge in [-0.3, -0.25) is 9.59 Å². The molecule has 2 aromatic heterocycles. The fourth-order valence-corrected chi connectivity index (χ4v) is 4.07. The minimum absolute atomic E-state index is 0.0239. The number of fused-ring (bicyclic) bond motifs is 1. The Morgan fingerprint density at radius 2 is 2.10 bits per heavy atom. The Morgan fingerprint density at radius 1 is 1.27 bits per heavy atom. The van der Waals surface area contributed by atoms with Gasteiger partial charge in [0, 0.05) is 50.4 Å². The summed E-state index contributed by atoms with van der Waals surface area (Å²) in [7, 11) is 1.79. The molecule has 0 aliphatic carbocycles. The number of hydrogen-bond donors (Lipinski definition) is 2. The molecular formula is C23H27N5O2. The first-order chi connectivity index (χ1) is 14.4. The van der Waals surface area contributed by atoms with Crippen LogP contribution in [0.2, 0.25) is 0 Å². The molecule has 2 atom stereocenters. The molecule has 4 rings (SSSR count). The number of carbonyl (C=O) groups is 2. The third-order valence-corrected chi connectivity index (χ3v) is 5.97. The number of pyridine rings is 1. The van der Waals surface area contributed by atoms with Crippen molar-refractivity contribution >= 4 is 28.5 Å². The topological polar surface area (TPSA) is 81.3 Å². The Labute approximate surface area is 176 Å². The normalized spacial score (nSPS) is 17.2. The number of nitrogens with one attached hydrogen (secondary N) is 2. The maximum absolute atomic E-state index is 12.8. The number of likely N-dealkylation sites (N-methyl/N-ethyl adjacent to an activating group) is 1. The van der Waals surface area contributed by atoms with Crippen molar-refractivity contribution < 1.29 is 9.59 Å². The van der Waals surface area contributed by atoms with Crippen molar-refractivity contribution in [2.75, 3.05) is 25.5 Å². The van der Waals surface area contributed by atoms with E-state index in [0.29, 0.717) is 18.7 Å². The van der Waals surface area contributed by atoms with E-state index in [1.807, 2.05) is 24.4 Å². The molecule has 1 saturated heterocycles. The second-order valence-corrected chi connectivity index (χ2v) is 7.91. The number of H-pyrrole nitrogens is 1. The third kappa shape index (κ3) is 3.87. The quantitative estimate of drug-likeness (QED) is 0.681. The maximum Gasteiger partial charge on any atom is 0.255 e. The highest BCUT2D eigenvalue weighted by atomic mass is 16.2. The number of carbonyl (C=O) groups excluding carboxylic acids is 2. The van der Waals surface area contributed by atoms with Crippen molar-refractivity contribution in [3.8, 4) is 0 Å². The Morgan fingerprint density at radius 3 is 2.83 bits per heavy atom. The van der Waals surface area contributed by atoms with Gasteiger partial charge in [-0.05, 0) is 43.2 Å². The van der Waals surface area contributed by atoms with Crippen LogP contribution < -0.4 is 5.32 Å². The summed E-state index contributed by atoms with van der Waals surface area (Å²) < 4.78 is 0. The van der Waals surface area contributed by atoms with Crippen LogP contribution in [0, 0.1) is 0 Å². The van der Waals surface area contributed by atoms with Gasteiger partial charge in [-0.1, -0.05) is 12.1 Å². The number of rotatable bonds is 5. The fourth-order valence-electron chi connectivity index (χ4n) is 4.07. The summed E-state index contributed by atoms with van der Waals surface area (Å²) in [5.74, 6) is 0.705. The third-order valence-electron chi connectivity index (χ3n) is 5.97. The number of nitrogens with zero attached hydrogens (tertiary/aromatic N) is 3. The largest absolute Gasteiger partial charge is 0.364 e. The maximum atomic E-state index is 12.8. The van der Waals surface area contributed by atoms with Gasteiger partial charge in [0.2, 0.25) is 5.91 Å². The zero-order chi connectivity index (χ0) is 21.3. The van der Waals surface area contributed by atoms with Crippen molar-refractivity contribution in [1.29, 1.82) is 0 Å². The minimum atomic E-state index is -0.0429. The lowest BCUT2D eigenvalue weighted by molar-refractivity contribution is -0.129. The van der Waals surface area contributed by atoms with Crippen LogP contribution in [0.4, 0.5) is 5.82 Å². The average molecular weight is 406 g/mol. The molecule has 1 fully saturated rings. The number of benzene rings is 1. The summed E-state index contributed by atoms with van der Waals surface area (Å²) in [5.41, 5.74) is 2.86. The van der Waals surface area contributed by atoms with E-state index in [4.69, 9.17) is 0 Å². The van der Waals surface area contributed by atoms with Gasteiger partial charge in [0.05, 0.1) is 17.6 Å². The predicted octanol–water partition coefficient (Wildman–Crippen LogP) is 3.43. The number of hydrogen-bond acceptors (Lipinski definition) is 4. The first-order valence-corrected chi connectivity index (χ1v) is 10.3. The summed E-state index contributed by atoms with van der Waals surface area (Å²) in [5, 5.41) is 4.60. The lowest BCUT2D eigenvalue weighted by Gasteiger charge is -2.23. The van der Waals surface area contributed by atoms with Gasteiger partial charge in [0.1, 0.15) is 5.82 Å². The molecule has 1 unspecified atom stereocenters. The van der Waals surface area contributed by atoms with E-state index in [2.05, 4.69) is 40.4 Å². The van der Waals surface area contributed by atoms with E-state index in [1.165, 1.54) is 10.9 Å². The van der Waals surface area contributed by atoms with Gasteiger partial charge in [0.15, 0.2) is 0 Å². The zero-order valence-electron chi connectivity index (χ0n) is 17.6. The highest BCUT2D eigenvalue weighted by Crippen LogP contribution is 2.26. The van der Waals surface area contributed by atoms with Crippen LogP contribution in [0.25, 0.3) is 10.9 Å². The van der Waals surface area contributed by atoms with Crippen LogP contribution in [0.1, 0.15) is 42.2 Å². The van der Waals surface area contributed by atoms with E-state index in [0.717, 1.165) is 17.8 Å². The second kappa shape index (κ2) is 8.18. The van der Waals surface area contributed by atoms with Crippen LogP contribution in [-0.4, -0.2) is 57.8 Å². The molecule has 0 bridgehead atoms. The molecule has 2 N–H and O–H groups in total. The highest BCUT2D eigenvalue weighted by molar-refractivity contribution is 5.94. The van der Waals surface area contributed by atoms with Gasteiger partial charge in [-0.2, -0.15) is 0 Å². The van der Waals surface area contributed by atoms with Crippen molar-refractivity contribution in [2.24, 2.45) is 0 Å². The van der Waals surface area contributed by atoms with Gasteiger partial charge in [-0.15, -0.1) is 0 Å². The van der Waals surface area contributed by atoms with Crippen LogP contribution in [0.3, 0.4) is 0 Å². The molecule has 7 heteroatoms. The lowest BCUT2D eigenvalue weighted by atomic mass is 10.0. The monoisotopic (exact) mass is 405 g/mol. The average Bonchev–Trinajstić information content (AvgIpc) is 3.42. The summed E-state index contributed by atoms with van der Waals surface area (Å²) in [6, 6.07) is 12.1. The van der Waals surface area contributed by atoms with E-state index < -0.39 is 0 Å². The van der Waals surface area contributed by atoms with E-state index >= 15 is 0 Å². The first kappa shape index (κ1) is 19.9. The molecule has 0 spiro atoms. The van der Waals surface area contributed by atoms with Gasteiger partial charge < -0.3 is 20.1 Å². The molecule has 0 radical (unpaired) electrons. The number of amides is 2. The van der Waals surface area contributed by atoms with Gasteiger partial charge in [-0.25, -0.2) is 4.98 Å². The number of anilines is 1. The van der Waals surface area contributed by atoms with Crippen LogP contribution in [0.5, 0.6) is 0 Å². The molecule has 3 heterocycles. The predicted molar refractivity (Wildman–Crippen MR) is 117 cm³/mol. The van der Waals surface area contributed by atoms with Crippen LogP contribution in [0.15, 0.2) is 48.8 Å². The molecular weight excluding hydrogens is 378 g/mol. The number of aromatic amines is 1. The summed E-state index contributed by atoms with van der Waals surface area (Å²) in [4.78, 5) is 35.6. The Bertz CT molecular complexity index is 1060. The minimum Gasteiger partial charge on any atom is -0.364 e. The number of aromatic nitrogens is 2. The molecule has 1 aromatic carbocycles. The molecule has 30 heavy (non-hydrogen) atoms. The Balaban J connectivity index is 1.41. The highest BCUT2D eigenvalue weighted by Gasteiger charge is 2.30. The van der Waals surface area contributed by atoms with E-state index in [-0.39, 0.29) is 23.9 Å². The fraction of sp³-hybridized carbons (Fsp3) is 0.348. The summed E-state index contributed by atoms with van der Waals surface area (Å²) in [6.45, 7) is 4.86. The SMILES string of the molecule is CC(=O)N(C)[C@H]1CCN(C(=O)c2ccc(NC(C)c3cccc4[nH]ccc34)nc2)C1. The molecule has 2 amide bonds. The summed E-state index contributed by atoms with van der Waals surface area (Å²) in [6.07, 6.45) is 4.37. The lowest BCUT2D eigenvalue weighted by Crippen LogP contribution is -2.38. The van der Waals surface area contributed by atoms with Crippen molar-refractivity contribution in [3.63, 3.8) is 0 Å². The van der Waals surface area contributed by atoms with Crippen molar-refractivity contribution in [1.82, 2.24) is 19.8 Å². The first-order valence-electron chi connectivity index (χ1n) is 10.3. The summed E-state index contributed by atoms with van der Waals surface area (Å²) >= 11 is 0. The van der Waals surface area contributed by atoms with Crippen LogP contribution >= 0.6 is 0 Å². The van der Waals surface area contributed by atoms with E-state index in [9.17, 15) is 9.59 Å². The molecule has 0 saturated carbocycles. The molecule has 156 valence electrons. The molecule has 7 nitrogen and oxygen atoms in total. The van der Waals surface area contributed by atoms with Gasteiger partial charge >= 0.3 is 0 Å². The molecule has 1 aliphatic rings.